The summed E-state index contributed by atoms with van der Waals surface area (Å²) in [6.45, 7) is 2.03. The second kappa shape index (κ2) is 9.07. The Labute approximate surface area is 183 Å². The molecule has 2 N–H and O–H groups in total. The van der Waals surface area contributed by atoms with Crippen molar-refractivity contribution in [3.8, 4) is 0 Å². The fourth-order valence-electron chi connectivity index (χ4n) is 4.23. The average molecular weight is 472 g/mol. The van der Waals surface area contributed by atoms with Gasteiger partial charge < -0.3 is 5.32 Å². The number of nitro groups is 1. The maximum Gasteiger partial charge on any atom is 0.423 e. The lowest BCUT2D eigenvalue weighted by Gasteiger charge is -2.33. The molecule has 1 saturated carbocycles. The summed E-state index contributed by atoms with van der Waals surface area (Å²) in [4.78, 5) is 9.69. The topological polar surface area (TPSA) is 110 Å². The molecule has 3 rings (SSSR count). The molecule has 1 aliphatic carbocycles. The molecule has 1 fully saturated rings. The van der Waals surface area contributed by atoms with E-state index in [9.17, 15) is 31.7 Å². The Morgan fingerprint density at radius 3 is 2.19 bits per heavy atom. The molecule has 11 heteroatoms. The Bertz CT molecular complexity index is 1080. The van der Waals surface area contributed by atoms with Crippen LogP contribution in [0.25, 0.3) is 0 Å². The summed E-state index contributed by atoms with van der Waals surface area (Å²) < 4.78 is 71.0. The fraction of sp³-hybridized carbons (Fsp3) is 0.429. The lowest BCUT2D eigenvalue weighted by Crippen LogP contribution is -2.28. The minimum Gasteiger partial charge on any atom is -0.382 e. The van der Waals surface area contributed by atoms with Crippen LogP contribution in [0.5, 0.6) is 0 Å². The molecule has 7 nitrogen and oxygen atoms in total. The minimum atomic E-state index is -4.82. The van der Waals surface area contributed by atoms with E-state index in [2.05, 4.69) is 5.32 Å². The van der Waals surface area contributed by atoms with Crippen molar-refractivity contribution in [2.24, 2.45) is 5.92 Å². The Morgan fingerprint density at radius 2 is 1.69 bits per heavy atom. The predicted octanol–water partition coefficient (Wildman–Crippen LogP) is 5.63. The molecular formula is C21H23F3N2O5S. The Kier molecular flexibility index (Phi) is 6.80. The second-order valence-electron chi connectivity index (χ2n) is 8.08. The summed E-state index contributed by atoms with van der Waals surface area (Å²) in [5.74, 6) is 0.454. The summed E-state index contributed by atoms with van der Waals surface area (Å²) in [6.07, 6.45) is -1.75. The number of nitro benzene ring substituents is 1. The van der Waals surface area contributed by atoms with Gasteiger partial charge in [0, 0.05) is 17.8 Å². The van der Waals surface area contributed by atoms with E-state index in [4.69, 9.17) is 4.55 Å². The van der Waals surface area contributed by atoms with Crippen LogP contribution in [0.4, 0.5) is 24.5 Å². The number of rotatable bonds is 6. The number of hydrogen-bond donors (Lipinski definition) is 2. The molecule has 0 saturated heterocycles. The van der Waals surface area contributed by atoms with E-state index >= 15 is 0 Å². The molecule has 0 amide bonds. The van der Waals surface area contributed by atoms with Crippen LogP contribution in [-0.2, 0) is 16.3 Å². The lowest BCUT2D eigenvalue weighted by molar-refractivity contribution is -0.388. The molecule has 0 bridgehead atoms. The van der Waals surface area contributed by atoms with E-state index < -0.39 is 32.5 Å². The van der Waals surface area contributed by atoms with E-state index in [1.165, 1.54) is 18.2 Å². The van der Waals surface area contributed by atoms with Gasteiger partial charge >= 0.3 is 6.18 Å². The predicted molar refractivity (Wildman–Crippen MR) is 112 cm³/mol. The van der Waals surface area contributed by atoms with Crippen LogP contribution in [0, 0.1) is 16.0 Å². The van der Waals surface area contributed by atoms with Crippen LogP contribution in [0.3, 0.4) is 0 Å². The van der Waals surface area contributed by atoms with Crippen molar-refractivity contribution >= 4 is 21.5 Å². The normalized spacial score (nSPS) is 20.5. The molecule has 174 valence electrons. The molecule has 0 heterocycles. The first-order chi connectivity index (χ1) is 14.9. The van der Waals surface area contributed by atoms with Crippen molar-refractivity contribution in [3.05, 3.63) is 63.7 Å². The first-order valence-corrected chi connectivity index (χ1v) is 11.5. The molecule has 2 aromatic carbocycles. The van der Waals surface area contributed by atoms with Crippen molar-refractivity contribution in [2.75, 3.05) is 5.32 Å². The zero-order chi connectivity index (χ0) is 23.7. The zero-order valence-corrected chi connectivity index (χ0v) is 18.0. The van der Waals surface area contributed by atoms with Crippen molar-refractivity contribution < 1.29 is 31.1 Å². The largest absolute Gasteiger partial charge is 0.423 e. The number of nitrogens with one attached hydrogen (secondary N) is 1. The van der Waals surface area contributed by atoms with Gasteiger partial charge in [-0.3, -0.25) is 14.7 Å². The molecule has 32 heavy (non-hydrogen) atoms. The number of nitrogens with zero attached hydrogens (tertiary/aromatic N) is 1. The third kappa shape index (κ3) is 5.57. The van der Waals surface area contributed by atoms with Gasteiger partial charge in [0.1, 0.15) is 5.56 Å². The van der Waals surface area contributed by atoms with Crippen molar-refractivity contribution in [2.45, 2.75) is 55.6 Å². The highest BCUT2D eigenvalue weighted by atomic mass is 32.2. The third-order valence-electron chi connectivity index (χ3n) is 6.05. The van der Waals surface area contributed by atoms with Gasteiger partial charge in [-0.25, -0.2) is 0 Å². The Balaban J connectivity index is 1.63. The molecule has 0 radical (unpaired) electrons. The van der Waals surface area contributed by atoms with E-state index in [0.29, 0.717) is 5.92 Å². The minimum absolute atomic E-state index is 0.0529. The zero-order valence-electron chi connectivity index (χ0n) is 17.2. The molecular weight excluding hydrogens is 449 g/mol. The number of alkyl halides is 3. The fourth-order valence-corrected chi connectivity index (χ4v) is 4.71. The summed E-state index contributed by atoms with van der Waals surface area (Å²) >= 11 is 0. The van der Waals surface area contributed by atoms with E-state index in [1.54, 1.807) is 12.1 Å². The first kappa shape index (κ1) is 24.0. The maximum atomic E-state index is 13.2. The van der Waals surface area contributed by atoms with Crippen molar-refractivity contribution in [3.63, 3.8) is 0 Å². The molecule has 1 unspecified atom stereocenters. The molecule has 1 atom stereocenters. The van der Waals surface area contributed by atoms with Crippen molar-refractivity contribution in [1.29, 1.82) is 0 Å². The number of anilines is 1. The number of benzene rings is 2. The quantitative estimate of drug-likeness (QED) is 0.320. The summed E-state index contributed by atoms with van der Waals surface area (Å²) in [5.41, 5.74) is -1.11. The molecule has 0 aromatic heterocycles. The smallest absolute Gasteiger partial charge is 0.382 e. The van der Waals surface area contributed by atoms with Gasteiger partial charge in [0.15, 0.2) is 0 Å². The van der Waals surface area contributed by atoms with Gasteiger partial charge in [-0.1, -0.05) is 19.1 Å². The van der Waals surface area contributed by atoms with Gasteiger partial charge in [-0.05, 0) is 67.3 Å². The Hall–Kier alpha value is -2.66. The van der Waals surface area contributed by atoms with E-state index in [1.807, 2.05) is 6.92 Å². The van der Waals surface area contributed by atoms with E-state index in [-0.39, 0.29) is 22.5 Å². The molecule has 0 aliphatic heterocycles. The standard InChI is InChI=1S/C21H23F3N2O5S/c1-13(15-4-9-18(10-5-15)32(29,30)31)14-2-6-16(7-3-14)25-17-8-11-20(26(27)28)19(12-17)21(22,23)24/h4-5,8-14,16,25H,2-3,6-7H2,1H3,(H,29,30,31). The Morgan fingerprint density at radius 1 is 1.09 bits per heavy atom. The maximum absolute atomic E-state index is 13.2. The van der Waals surface area contributed by atoms with Gasteiger partial charge in [0.2, 0.25) is 0 Å². The first-order valence-electron chi connectivity index (χ1n) is 10.1. The lowest BCUT2D eigenvalue weighted by atomic mass is 9.76. The third-order valence-corrected chi connectivity index (χ3v) is 6.92. The monoisotopic (exact) mass is 472 g/mol. The summed E-state index contributed by atoms with van der Waals surface area (Å²) in [6, 6.07) is 8.96. The van der Waals surface area contributed by atoms with Crippen molar-refractivity contribution in [1.82, 2.24) is 0 Å². The van der Waals surface area contributed by atoms with E-state index in [0.717, 1.165) is 43.4 Å². The van der Waals surface area contributed by atoms with Gasteiger partial charge in [-0.2, -0.15) is 21.6 Å². The van der Waals surface area contributed by atoms with Crippen LogP contribution in [0.1, 0.15) is 49.7 Å². The summed E-state index contributed by atoms with van der Waals surface area (Å²) in [7, 11) is -4.24. The van der Waals surface area contributed by atoms with Gasteiger partial charge in [0.25, 0.3) is 15.8 Å². The van der Waals surface area contributed by atoms with Crippen LogP contribution in [0.2, 0.25) is 0 Å². The van der Waals surface area contributed by atoms with Crippen LogP contribution in [-0.4, -0.2) is 23.9 Å². The average Bonchev–Trinajstić information content (AvgIpc) is 2.72. The van der Waals surface area contributed by atoms with Crippen LogP contribution in [0.15, 0.2) is 47.4 Å². The van der Waals surface area contributed by atoms with Crippen LogP contribution < -0.4 is 5.32 Å². The number of hydrogen-bond acceptors (Lipinski definition) is 5. The SMILES string of the molecule is CC(c1ccc(S(=O)(=O)O)cc1)C1CCC(Nc2ccc([N+](=O)[O-])c(C(F)(F)F)c2)CC1. The highest BCUT2D eigenvalue weighted by molar-refractivity contribution is 7.85. The van der Waals surface area contributed by atoms with Gasteiger partial charge in [0.05, 0.1) is 9.82 Å². The highest BCUT2D eigenvalue weighted by Gasteiger charge is 2.38. The number of halogens is 3. The summed E-state index contributed by atoms with van der Waals surface area (Å²) in [5, 5.41) is 14.0. The van der Waals surface area contributed by atoms with Gasteiger partial charge in [-0.15, -0.1) is 0 Å². The molecule has 1 aliphatic rings. The molecule has 0 spiro atoms. The highest BCUT2D eigenvalue weighted by Crippen LogP contribution is 2.39. The second-order valence-corrected chi connectivity index (χ2v) is 9.50. The van der Waals surface area contributed by atoms with Crippen LogP contribution >= 0.6 is 0 Å². The molecule has 2 aromatic rings.